The Bertz CT molecular complexity index is 1450. The summed E-state index contributed by atoms with van der Waals surface area (Å²) in [5, 5.41) is 3.46. The third-order valence-electron chi connectivity index (χ3n) is 6.59. The Labute approximate surface area is 243 Å². The Kier molecular flexibility index (Phi) is 10.0. The van der Waals surface area contributed by atoms with Crippen LogP contribution in [0.4, 0.5) is 5.69 Å². The molecule has 3 aromatic carbocycles. The van der Waals surface area contributed by atoms with Crippen LogP contribution in [0.2, 0.25) is 5.02 Å². The second kappa shape index (κ2) is 12.9. The summed E-state index contributed by atoms with van der Waals surface area (Å²) in [5.74, 6) is -0.856. The van der Waals surface area contributed by atoms with Crippen molar-refractivity contribution in [2.75, 3.05) is 17.1 Å². The van der Waals surface area contributed by atoms with Gasteiger partial charge in [-0.3, -0.25) is 13.9 Å². The lowest BCUT2D eigenvalue weighted by atomic mass is 10.0. The van der Waals surface area contributed by atoms with Crippen LogP contribution >= 0.6 is 11.6 Å². The number of anilines is 1. The lowest BCUT2D eigenvalue weighted by Gasteiger charge is -2.35. The zero-order chi connectivity index (χ0) is 29.7. The van der Waals surface area contributed by atoms with Gasteiger partial charge in [0.2, 0.25) is 21.8 Å². The third-order valence-corrected chi connectivity index (χ3v) is 8.09. The molecule has 0 heterocycles. The van der Waals surface area contributed by atoms with Crippen molar-refractivity contribution in [2.24, 2.45) is 0 Å². The van der Waals surface area contributed by atoms with Crippen molar-refractivity contribution >= 4 is 39.1 Å². The number of halogens is 1. The smallest absolute Gasteiger partial charge is 0.244 e. The van der Waals surface area contributed by atoms with E-state index in [1.54, 1.807) is 30.3 Å². The summed E-state index contributed by atoms with van der Waals surface area (Å²) in [4.78, 5) is 29.4. The molecule has 0 spiro atoms. The van der Waals surface area contributed by atoms with E-state index in [-0.39, 0.29) is 18.9 Å². The average molecular weight is 584 g/mol. The molecule has 0 radical (unpaired) electrons. The van der Waals surface area contributed by atoms with Gasteiger partial charge in [0.1, 0.15) is 12.6 Å². The number of nitrogens with zero attached hydrogens (tertiary/aromatic N) is 2. The van der Waals surface area contributed by atoms with Gasteiger partial charge < -0.3 is 10.2 Å². The first-order valence-corrected chi connectivity index (χ1v) is 15.3. The maximum absolute atomic E-state index is 14.2. The highest BCUT2D eigenvalue weighted by Crippen LogP contribution is 2.26. The molecule has 0 aliphatic rings. The largest absolute Gasteiger partial charge is 0.350 e. The van der Waals surface area contributed by atoms with Gasteiger partial charge in [0, 0.05) is 23.5 Å². The SMILES string of the molecule is Cc1cccc(N(CC(=O)N(Cc2ccccc2Cl)C(Cc2ccccc2)C(=O)NC(C)(C)C)S(C)(=O)=O)c1C. The Morgan fingerprint density at radius 1 is 0.925 bits per heavy atom. The van der Waals surface area contributed by atoms with Crippen LogP contribution in [0.1, 0.15) is 43.0 Å². The van der Waals surface area contributed by atoms with E-state index < -0.39 is 34.1 Å². The van der Waals surface area contributed by atoms with Gasteiger partial charge >= 0.3 is 0 Å². The predicted octanol–water partition coefficient (Wildman–Crippen LogP) is 5.28. The molecule has 0 aromatic heterocycles. The molecule has 1 atom stereocenters. The first-order valence-electron chi connectivity index (χ1n) is 13.1. The molecule has 7 nitrogen and oxygen atoms in total. The normalized spacial score (nSPS) is 12.5. The zero-order valence-corrected chi connectivity index (χ0v) is 25.5. The fourth-order valence-electron chi connectivity index (χ4n) is 4.42. The second-order valence-corrected chi connectivity index (χ2v) is 13.4. The zero-order valence-electron chi connectivity index (χ0n) is 23.9. The number of benzene rings is 3. The first kappa shape index (κ1) is 31.2. The molecule has 9 heteroatoms. The molecule has 0 saturated carbocycles. The molecule has 3 aromatic rings. The summed E-state index contributed by atoms with van der Waals surface area (Å²) in [6, 6.07) is 20.9. The number of carbonyl (C=O) groups is 2. The van der Waals surface area contributed by atoms with Crippen LogP contribution in [0.15, 0.2) is 72.8 Å². The van der Waals surface area contributed by atoms with Crippen LogP contribution < -0.4 is 9.62 Å². The third kappa shape index (κ3) is 8.32. The average Bonchev–Trinajstić information content (AvgIpc) is 2.86. The van der Waals surface area contributed by atoms with E-state index >= 15 is 0 Å². The van der Waals surface area contributed by atoms with Gasteiger partial charge in [-0.1, -0.05) is 72.3 Å². The summed E-state index contributed by atoms with van der Waals surface area (Å²) in [5.41, 5.74) is 3.04. The molecule has 40 heavy (non-hydrogen) atoms. The Morgan fingerprint density at radius 2 is 1.55 bits per heavy atom. The van der Waals surface area contributed by atoms with Crippen LogP contribution in [0.25, 0.3) is 0 Å². The summed E-state index contributed by atoms with van der Waals surface area (Å²) in [7, 11) is -3.84. The van der Waals surface area contributed by atoms with Crippen LogP contribution in [0, 0.1) is 13.8 Å². The van der Waals surface area contributed by atoms with Crippen molar-refractivity contribution in [3.8, 4) is 0 Å². The highest BCUT2D eigenvalue weighted by molar-refractivity contribution is 7.92. The number of hydrogen-bond acceptors (Lipinski definition) is 4. The maximum Gasteiger partial charge on any atom is 0.244 e. The first-order chi connectivity index (χ1) is 18.7. The van der Waals surface area contributed by atoms with E-state index in [2.05, 4.69) is 5.32 Å². The lowest BCUT2D eigenvalue weighted by molar-refractivity contribution is -0.140. The van der Waals surface area contributed by atoms with Crippen molar-refractivity contribution in [1.29, 1.82) is 0 Å². The van der Waals surface area contributed by atoms with E-state index in [0.717, 1.165) is 27.3 Å². The monoisotopic (exact) mass is 583 g/mol. The minimum atomic E-state index is -3.84. The van der Waals surface area contributed by atoms with E-state index in [4.69, 9.17) is 11.6 Å². The van der Waals surface area contributed by atoms with Gasteiger partial charge in [-0.2, -0.15) is 0 Å². The predicted molar refractivity (Wildman–Crippen MR) is 162 cm³/mol. The fourth-order valence-corrected chi connectivity index (χ4v) is 5.51. The summed E-state index contributed by atoms with van der Waals surface area (Å²) >= 11 is 6.49. The molecule has 1 N–H and O–H groups in total. The van der Waals surface area contributed by atoms with Crippen molar-refractivity contribution in [2.45, 2.75) is 59.2 Å². The van der Waals surface area contributed by atoms with Crippen molar-refractivity contribution < 1.29 is 18.0 Å². The molecule has 0 aliphatic heterocycles. The Balaban J connectivity index is 2.11. The number of amides is 2. The molecule has 2 amide bonds. The van der Waals surface area contributed by atoms with E-state index in [1.807, 2.05) is 77.1 Å². The minimum Gasteiger partial charge on any atom is -0.350 e. The standard InChI is InChI=1S/C31H38ClN3O4S/c1-22-13-12-18-27(23(22)2)35(40(6,38)39)21-29(36)34(20-25-16-10-11-17-26(25)32)28(30(37)33-31(3,4)5)19-24-14-8-7-9-15-24/h7-18,28H,19-21H2,1-6H3,(H,33,37). The molecule has 0 aliphatic carbocycles. The van der Waals surface area contributed by atoms with E-state index in [9.17, 15) is 18.0 Å². The van der Waals surface area contributed by atoms with Gasteiger partial charge in [0.05, 0.1) is 11.9 Å². The molecular formula is C31H38ClN3O4S. The van der Waals surface area contributed by atoms with Gasteiger partial charge in [-0.05, 0) is 69.0 Å². The highest BCUT2D eigenvalue weighted by Gasteiger charge is 2.34. The molecular weight excluding hydrogens is 546 g/mol. The lowest BCUT2D eigenvalue weighted by Crippen LogP contribution is -2.56. The topological polar surface area (TPSA) is 86.8 Å². The highest BCUT2D eigenvalue weighted by atomic mass is 35.5. The number of sulfonamides is 1. The minimum absolute atomic E-state index is 0.0258. The molecule has 0 fully saturated rings. The van der Waals surface area contributed by atoms with Gasteiger partial charge in [-0.15, -0.1) is 0 Å². The number of rotatable bonds is 10. The number of hydrogen-bond donors (Lipinski definition) is 1. The molecule has 3 rings (SSSR count). The molecule has 0 bridgehead atoms. The van der Waals surface area contributed by atoms with Crippen LogP contribution in [-0.4, -0.2) is 49.5 Å². The van der Waals surface area contributed by atoms with Gasteiger partial charge in [0.25, 0.3) is 0 Å². The van der Waals surface area contributed by atoms with Crippen molar-refractivity contribution in [3.63, 3.8) is 0 Å². The Morgan fingerprint density at radius 3 is 2.15 bits per heavy atom. The molecule has 1 unspecified atom stereocenters. The van der Waals surface area contributed by atoms with E-state index in [1.165, 1.54) is 4.90 Å². The van der Waals surface area contributed by atoms with E-state index in [0.29, 0.717) is 16.3 Å². The van der Waals surface area contributed by atoms with Crippen LogP contribution in [0.3, 0.4) is 0 Å². The second-order valence-electron chi connectivity index (χ2n) is 11.0. The molecule has 0 saturated heterocycles. The summed E-state index contributed by atoms with van der Waals surface area (Å²) < 4.78 is 27.1. The number of carbonyl (C=O) groups excluding carboxylic acids is 2. The molecule has 214 valence electrons. The quantitative estimate of drug-likeness (QED) is 0.352. The van der Waals surface area contributed by atoms with Crippen molar-refractivity contribution in [3.05, 3.63) is 100 Å². The number of nitrogens with one attached hydrogen (secondary N) is 1. The van der Waals surface area contributed by atoms with Gasteiger partial charge in [-0.25, -0.2) is 8.42 Å². The number of aryl methyl sites for hydroxylation is 1. The van der Waals surface area contributed by atoms with Crippen molar-refractivity contribution in [1.82, 2.24) is 10.2 Å². The van der Waals surface area contributed by atoms with Gasteiger partial charge in [0.15, 0.2) is 0 Å². The summed E-state index contributed by atoms with van der Waals surface area (Å²) in [6.45, 7) is 8.88. The Hall–Kier alpha value is -3.36. The maximum atomic E-state index is 14.2. The van der Waals surface area contributed by atoms with Crippen LogP contribution in [0.5, 0.6) is 0 Å². The summed E-state index contributed by atoms with van der Waals surface area (Å²) in [6.07, 6.45) is 1.31. The fraction of sp³-hybridized carbons (Fsp3) is 0.355. The van der Waals surface area contributed by atoms with Crippen LogP contribution in [-0.2, 0) is 32.6 Å².